The van der Waals surface area contributed by atoms with Crippen LogP contribution in [0.4, 0.5) is 0 Å². The molecule has 1 aliphatic heterocycles. The number of fused-ring (bicyclic) bond motifs is 1. The molecule has 0 fully saturated rings. The van der Waals surface area contributed by atoms with Crippen molar-refractivity contribution in [2.45, 2.75) is 11.3 Å². The van der Waals surface area contributed by atoms with Crippen molar-refractivity contribution in [2.75, 3.05) is 13.7 Å². The van der Waals surface area contributed by atoms with Gasteiger partial charge in [-0.25, -0.2) is 5.01 Å². The van der Waals surface area contributed by atoms with Crippen molar-refractivity contribution >= 4 is 38.0 Å². The van der Waals surface area contributed by atoms with Gasteiger partial charge >= 0.3 is 0 Å². The molecule has 0 saturated carbocycles. The number of amidine groups is 1. The van der Waals surface area contributed by atoms with Crippen molar-refractivity contribution in [3.05, 3.63) is 58.1 Å². The molecule has 7 nitrogen and oxygen atoms in total. The summed E-state index contributed by atoms with van der Waals surface area (Å²) in [5.74, 6) is 0.814. The molecule has 1 aliphatic rings. The maximum absolute atomic E-state index is 12.3. The fraction of sp³-hybridized carbons (Fsp3) is 0.167. The van der Waals surface area contributed by atoms with Crippen molar-refractivity contribution < 1.29 is 13.2 Å². The highest BCUT2D eigenvalue weighted by Gasteiger charge is 2.31. The predicted molar refractivity (Wildman–Crippen MR) is 105 cm³/mol. The molecule has 0 radical (unpaired) electrons. The average molecular weight is 447 g/mol. The lowest BCUT2D eigenvalue weighted by Crippen LogP contribution is -2.27. The molecule has 0 N–H and O–H groups in total. The van der Waals surface area contributed by atoms with Gasteiger partial charge in [-0.3, -0.25) is 0 Å². The molecular formula is C18H15BrN4O3S. The van der Waals surface area contributed by atoms with Crippen LogP contribution < -0.4 is 4.74 Å². The maximum Gasteiger partial charge on any atom is 0.285 e. The highest BCUT2D eigenvalue weighted by Crippen LogP contribution is 2.28. The van der Waals surface area contributed by atoms with Crippen LogP contribution in [0.2, 0.25) is 0 Å². The molecule has 0 saturated heterocycles. The lowest BCUT2D eigenvalue weighted by Gasteiger charge is -2.17. The minimum atomic E-state index is -3.77. The van der Waals surface area contributed by atoms with Gasteiger partial charge in [-0.15, -0.1) is 4.40 Å². The van der Waals surface area contributed by atoms with Gasteiger partial charge in [0.25, 0.3) is 10.0 Å². The first-order chi connectivity index (χ1) is 13.0. The van der Waals surface area contributed by atoms with E-state index < -0.39 is 10.0 Å². The summed E-state index contributed by atoms with van der Waals surface area (Å²) in [5.41, 5.74) is 1.16. The fourth-order valence-corrected chi connectivity index (χ4v) is 4.17. The van der Waals surface area contributed by atoms with Crippen LogP contribution in [0.5, 0.6) is 5.75 Å². The molecule has 9 heteroatoms. The molecule has 27 heavy (non-hydrogen) atoms. The molecule has 0 atom stereocenters. The van der Waals surface area contributed by atoms with Gasteiger partial charge in [-0.1, -0.05) is 28.1 Å². The van der Waals surface area contributed by atoms with E-state index in [9.17, 15) is 8.42 Å². The lowest BCUT2D eigenvalue weighted by atomic mass is 10.2. The van der Waals surface area contributed by atoms with Crippen LogP contribution in [0.3, 0.4) is 0 Å². The fourth-order valence-electron chi connectivity index (χ4n) is 2.59. The van der Waals surface area contributed by atoms with E-state index in [0.717, 1.165) is 4.47 Å². The van der Waals surface area contributed by atoms with E-state index in [1.807, 2.05) is 18.2 Å². The zero-order valence-corrected chi connectivity index (χ0v) is 16.7. The largest absolute Gasteiger partial charge is 0.496 e. The number of methoxy groups -OCH3 is 1. The monoisotopic (exact) mass is 446 g/mol. The van der Waals surface area contributed by atoms with Crippen molar-refractivity contribution in [2.24, 2.45) is 9.50 Å². The number of ether oxygens (including phenoxy) is 1. The third-order valence-electron chi connectivity index (χ3n) is 3.82. The van der Waals surface area contributed by atoms with Crippen LogP contribution in [-0.4, -0.2) is 39.1 Å². The Morgan fingerprint density at radius 3 is 2.85 bits per heavy atom. The van der Waals surface area contributed by atoms with Gasteiger partial charge < -0.3 is 4.74 Å². The molecule has 0 amide bonds. The van der Waals surface area contributed by atoms with E-state index in [-0.39, 0.29) is 23.7 Å². The van der Waals surface area contributed by atoms with Crippen LogP contribution >= 0.6 is 15.9 Å². The lowest BCUT2D eigenvalue weighted by molar-refractivity contribution is 0.413. The number of nitrogens with zero attached hydrogens (tertiary/aromatic N) is 4. The smallest absolute Gasteiger partial charge is 0.285 e. The minimum absolute atomic E-state index is 0.136. The molecule has 1 heterocycles. The third-order valence-corrected chi connectivity index (χ3v) is 5.64. The van der Waals surface area contributed by atoms with Gasteiger partial charge in [0.1, 0.15) is 10.6 Å². The molecule has 2 aromatic carbocycles. The number of sulfonamides is 1. The maximum atomic E-state index is 12.3. The zero-order chi connectivity index (χ0) is 19.4. The van der Waals surface area contributed by atoms with Gasteiger partial charge in [0.15, 0.2) is 5.84 Å². The van der Waals surface area contributed by atoms with Crippen molar-refractivity contribution in [1.82, 2.24) is 5.01 Å². The van der Waals surface area contributed by atoms with Gasteiger partial charge in [0.2, 0.25) is 0 Å². The second kappa shape index (κ2) is 7.90. The number of benzene rings is 2. The standard InChI is InChI=1S/C18H15BrN4O3S/c1-26-16-8-7-14(19)11-13(16)12-21-23(10-4-9-20)18-15-5-2-3-6-17(15)27(24,25)22-18/h2-3,5-8,11-12H,4,10H2,1H3/b21-12+. The summed E-state index contributed by atoms with van der Waals surface area (Å²) in [6.45, 7) is 0.200. The second-order valence-corrected chi connectivity index (χ2v) is 8.04. The van der Waals surface area contributed by atoms with E-state index in [1.54, 1.807) is 37.6 Å². The van der Waals surface area contributed by atoms with Crippen molar-refractivity contribution in [3.63, 3.8) is 0 Å². The first-order valence-electron chi connectivity index (χ1n) is 7.92. The number of halogens is 1. The Morgan fingerprint density at radius 2 is 2.11 bits per heavy atom. The Labute approximate surface area is 165 Å². The van der Waals surface area contributed by atoms with E-state index >= 15 is 0 Å². The summed E-state index contributed by atoms with van der Waals surface area (Å²) < 4.78 is 34.6. The Morgan fingerprint density at radius 1 is 1.33 bits per heavy atom. The molecule has 3 rings (SSSR count). The van der Waals surface area contributed by atoms with Crippen LogP contribution in [0.15, 0.2) is 61.3 Å². The summed E-state index contributed by atoms with van der Waals surface area (Å²) in [4.78, 5) is 0.136. The van der Waals surface area contributed by atoms with Gasteiger partial charge in [0, 0.05) is 15.6 Å². The third kappa shape index (κ3) is 4.02. The van der Waals surface area contributed by atoms with E-state index in [1.165, 1.54) is 11.1 Å². The van der Waals surface area contributed by atoms with E-state index in [0.29, 0.717) is 16.9 Å². The molecule has 2 aromatic rings. The van der Waals surface area contributed by atoms with Crippen molar-refractivity contribution in [1.29, 1.82) is 5.26 Å². The summed E-state index contributed by atoms with van der Waals surface area (Å²) in [6, 6.07) is 14.1. The first kappa shape index (κ1) is 19.1. The number of rotatable bonds is 5. The second-order valence-electron chi connectivity index (χ2n) is 5.55. The first-order valence-corrected chi connectivity index (χ1v) is 10.2. The SMILES string of the molecule is COc1ccc(Br)cc1/C=N/N(CCC#N)C1=NS(=O)(=O)c2ccccc21. The molecule has 0 aliphatic carbocycles. The summed E-state index contributed by atoms with van der Waals surface area (Å²) in [6.07, 6.45) is 1.71. The Balaban J connectivity index is 2.02. The van der Waals surface area contributed by atoms with Gasteiger partial charge in [0.05, 0.1) is 32.4 Å². The zero-order valence-electron chi connectivity index (χ0n) is 14.3. The number of hydrogen-bond acceptors (Lipinski definition) is 6. The molecule has 0 bridgehead atoms. The average Bonchev–Trinajstić information content (AvgIpc) is 2.93. The topological polar surface area (TPSA) is 95.1 Å². The van der Waals surface area contributed by atoms with Crippen LogP contribution in [0, 0.1) is 11.3 Å². The molecule has 0 aromatic heterocycles. The Bertz CT molecular complexity index is 1070. The quantitative estimate of drug-likeness (QED) is 0.519. The van der Waals surface area contributed by atoms with E-state index in [2.05, 4.69) is 25.4 Å². The highest BCUT2D eigenvalue weighted by molar-refractivity contribution is 9.10. The van der Waals surface area contributed by atoms with E-state index in [4.69, 9.17) is 10.00 Å². The summed E-state index contributed by atoms with van der Waals surface area (Å²) in [5, 5.41) is 14.8. The number of hydrogen-bond donors (Lipinski definition) is 0. The highest BCUT2D eigenvalue weighted by atomic mass is 79.9. The Hall–Kier alpha value is -2.70. The molecule has 138 valence electrons. The number of hydrazone groups is 1. The van der Waals surface area contributed by atoms with Crippen molar-refractivity contribution in [3.8, 4) is 11.8 Å². The van der Waals surface area contributed by atoms with Crippen LogP contribution in [-0.2, 0) is 10.0 Å². The summed E-state index contributed by atoms with van der Waals surface area (Å²) >= 11 is 3.40. The normalized spacial score (nSPS) is 14.5. The summed E-state index contributed by atoms with van der Waals surface area (Å²) in [7, 11) is -2.22. The molecule has 0 unspecified atom stereocenters. The van der Waals surface area contributed by atoms with Gasteiger partial charge in [-0.2, -0.15) is 18.8 Å². The van der Waals surface area contributed by atoms with Crippen LogP contribution in [0.1, 0.15) is 17.5 Å². The predicted octanol–water partition coefficient (Wildman–Crippen LogP) is 3.16. The van der Waals surface area contributed by atoms with Gasteiger partial charge in [-0.05, 0) is 30.3 Å². The van der Waals surface area contributed by atoms with Crippen LogP contribution in [0.25, 0.3) is 0 Å². The Kier molecular flexibility index (Phi) is 5.58. The molecule has 0 spiro atoms. The minimum Gasteiger partial charge on any atom is -0.496 e. The number of nitriles is 1. The molecular weight excluding hydrogens is 432 g/mol.